The first-order valence-electron chi connectivity index (χ1n) is 20.7. The second-order valence-corrected chi connectivity index (χ2v) is 21.4. The Balaban J connectivity index is 0.000000197. The van der Waals surface area contributed by atoms with Gasteiger partial charge in [0.05, 0.1) is 13.7 Å². The predicted octanol–water partition coefficient (Wildman–Crippen LogP) is 14.8. The van der Waals surface area contributed by atoms with Gasteiger partial charge in [-0.1, -0.05) is 166 Å². The zero-order valence-electron chi connectivity index (χ0n) is 35.2. The van der Waals surface area contributed by atoms with E-state index < -0.39 is 8.07 Å². The number of rotatable bonds is 9. The summed E-state index contributed by atoms with van der Waals surface area (Å²) in [5.41, 5.74) is 15.4. The summed E-state index contributed by atoms with van der Waals surface area (Å²) in [6, 6.07) is 59.9. The Bertz CT molecular complexity index is 2830. The monoisotopic (exact) mass is 975 g/mol. The molecule has 0 atom stereocenters. The largest absolute Gasteiger partial charge is 0.500 e. The van der Waals surface area contributed by atoms with Crippen molar-refractivity contribution in [1.29, 1.82) is 0 Å². The molecular weight excluding hydrogens is 925 g/mol. The molecule has 6 aromatic carbocycles. The second-order valence-electron chi connectivity index (χ2n) is 16.3. The Kier molecular flexibility index (Phi) is 13.2. The molecule has 3 aromatic heterocycles. The number of aryl methyl sites for hydroxylation is 1. The summed E-state index contributed by atoms with van der Waals surface area (Å²) in [5.74, 6) is 0.548. The van der Waals surface area contributed by atoms with Crippen LogP contribution in [0.25, 0.3) is 77.8 Å². The van der Waals surface area contributed by atoms with Crippen LogP contribution in [0.5, 0.6) is 0 Å². The van der Waals surface area contributed by atoms with Gasteiger partial charge in [-0.15, -0.1) is 53.1 Å². The molecule has 0 unspecified atom stereocenters. The fourth-order valence-corrected chi connectivity index (χ4v) is 8.92. The Morgan fingerprint density at radius 3 is 1.82 bits per heavy atom. The fraction of sp³-hybridized carbons (Fsp3) is 0.164. The summed E-state index contributed by atoms with van der Waals surface area (Å²) < 4.78 is 6.41. The van der Waals surface area contributed by atoms with Crippen LogP contribution >= 0.6 is 0 Å². The molecule has 0 amide bonds. The van der Waals surface area contributed by atoms with E-state index in [0.717, 1.165) is 62.9 Å². The van der Waals surface area contributed by atoms with E-state index >= 15 is 0 Å². The van der Waals surface area contributed by atoms with Gasteiger partial charge in [0.15, 0.2) is 0 Å². The van der Waals surface area contributed by atoms with Crippen molar-refractivity contribution in [3.63, 3.8) is 0 Å². The van der Waals surface area contributed by atoms with Gasteiger partial charge in [0, 0.05) is 37.9 Å². The van der Waals surface area contributed by atoms with Gasteiger partial charge in [-0.3, -0.25) is 0 Å². The van der Waals surface area contributed by atoms with E-state index in [2.05, 4.69) is 191 Å². The molecule has 0 bridgehead atoms. The molecule has 0 aliphatic heterocycles. The molecule has 3 nitrogen and oxygen atoms in total. The van der Waals surface area contributed by atoms with Gasteiger partial charge in [-0.05, 0) is 81.4 Å². The van der Waals surface area contributed by atoms with Crippen LogP contribution in [0.2, 0.25) is 19.6 Å². The average molecular weight is 975 g/mol. The number of benzene rings is 6. The third kappa shape index (κ3) is 9.20. The van der Waals surface area contributed by atoms with Gasteiger partial charge in [0.25, 0.3) is 0 Å². The molecule has 0 saturated heterocycles. The summed E-state index contributed by atoms with van der Waals surface area (Å²) in [6.07, 6.45) is 6.21. The van der Waals surface area contributed by atoms with E-state index in [1.54, 1.807) is 0 Å². The van der Waals surface area contributed by atoms with Crippen molar-refractivity contribution in [3.05, 3.63) is 187 Å². The summed E-state index contributed by atoms with van der Waals surface area (Å²) in [4.78, 5) is 9.39. The molecule has 9 rings (SSSR count). The van der Waals surface area contributed by atoms with Crippen LogP contribution in [0.15, 0.2) is 168 Å². The minimum atomic E-state index is -1.30. The molecule has 0 spiro atoms. The number of aromatic nitrogens is 2. The van der Waals surface area contributed by atoms with Crippen molar-refractivity contribution in [2.45, 2.75) is 59.2 Å². The molecular formula is C55H50IrN2OSi-2. The number of pyridine rings is 2. The number of hydrogen-bond acceptors (Lipinski definition) is 3. The third-order valence-electron chi connectivity index (χ3n) is 11.4. The Morgan fingerprint density at radius 2 is 1.20 bits per heavy atom. The Hall–Kier alpha value is -5.71. The first-order chi connectivity index (χ1) is 28.7. The number of nitrogens with zero attached hydrogens (tertiary/aromatic N) is 2. The molecule has 0 N–H and O–H groups in total. The Morgan fingerprint density at radius 1 is 0.583 bits per heavy atom. The van der Waals surface area contributed by atoms with Crippen molar-refractivity contribution in [2.75, 3.05) is 0 Å². The van der Waals surface area contributed by atoms with E-state index in [0.29, 0.717) is 5.92 Å². The molecule has 301 valence electrons. The molecule has 0 saturated carbocycles. The number of hydrogen-bond donors (Lipinski definition) is 0. The zero-order chi connectivity index (χ0) is 40.9. The maximum atomic E-state index is 6.41. The van der Waals surface area contributed by atoms with Crippen LogP contribution in [-0.4, -0.2) is 18.0 Å². The number of fused-ring (bicyclic) bond motifs is 3. The molecule has 0 fully saturated rings. The van der Waals surface area contributed by atoms with Gasteiger partial charge in [-0.2, -0.15) is 0 Å². The van der Waals surface area contributed by atoms with Gasteiger partial charge >= 0.3 is 0 Å². The maximum Gasteiger partial charge on any atom is 0.122 e. The van der Waals surface area contributed by atoms with Crippen LogP contribution in [0.4, 0.5) is 0 Å². The molecule has 0 aliphatic carbocycles. The number of furan rings is 1. The van der Waals surface area contributed by atoms with E-state index in [1.165, 1.54) is 44.1 Å². The zero-order valence-corrected chi connectivity index (χ0v) is 38.6. The molecule has 5 heteroatoms. The van der Waals surface area contributed by atoms with Crippen LogP contribution in [0.3, 0.4) is 0 Å². The Labute approximate surface area is 370 Å². The van der Waals surface area contributed by atoms with E-state index in [-0.39, 0.29) is 20.1 Å². The van der Waals surface area contributed by atoms with E-state index in [4.69, 9.17) is 9.40 Å². The summed E-state index contributed by atoms with van der Waals surface area (Å²) in [5, 5.41) is 3.60. The van der Waals surface area contributed by atoms with Gasteiger partial charge in [-0.25, -0.2) is 0 Å². The van der Waals surface area contributed by atoms with Crippen molar-refractivity contribution in [3.8, 4) is 55.9 Å². The predicted molar refractivity (Wildman–Crippen MR) is 252 cm³/mol. The van der Waals surface area contributed by atoms with Crippen molar-refractivity contribution in [1.82, 2.24) is 9.97 Å². The summed E-state index contributed by atoms with van der Waals surface area (Å²) in [6.45, 7) is 13.7. The first-order valence-corrected chi connectivity index (χ1v) is 24.2. The normalized spacial score (nSPS) is 11.3. The average Bonchev–Trinajstić information content (AvgIpc) is 3.66. The smallest absolute Gasteiger partial charge is 0.122 e. The van der Waals surface area contributed by atoms with E-state index in [9.17, 15) is 0 Å². The molecule has 60 heavy (non-hydrogen) atoms. The maximum absolute atomic E-state index is 6.41. The first kappa shape index (κ1) is 42.4. The van der Waals surface area contributed by atoms with Gasteiger partial charge in [0.1, 0.15) is 5.58 Å². The summed E-state index contributed by atoms with van der Waals surface area (Å²) in [7, 11) is -1.30. The van der Waals surface area contributed by atoms with Crippen LogP contribution in [0.1, 0.15) is 43.7 Å². The van der Waals surface area contributed by atoms with Crippen molar-refractivity contribution >= 4 is 35.2 Å². The topological polar surface area (TPSA) is 38.9 Å². The molecule has 9 aromatic rings. The van der Waals surface area contributed by atoms with Crippen LogP contribution in [-0.2, 0) is 20.1 Å². The second kappa shape index (κ2) is 18.7. The van der Waals surface area contributed by atoms with Crippen molar-refractivity contribution in [2.24, 2.45) is 0 Å². The SMILES string of the molecule is CCC(CC)c1ccnc(-c2[c-]cc3oc4cc(-c5ccccc5)cc(-c5ccccc5)c4c3c2)c1.Cc1c[c-]c(-c2ccc([Si](C)(C)C)cn2)cc1-c1ccccc1.[Ir]. The van der Waals surface area contributed by atoms with Gasteiger partial charge < -0.3 is 14.4 Å². The van der Waals surface area contributed by atoms with E-state index in [1.807, 2.05) is 30.6 Å². The minimum Gasteiger partial charge on any atom is -0.500 e. The van der Waals surface area contributed by atoms with Gasteiger partial charge in [0.2, 0.25) is 0 Å². The standard InChI is InChI=1S/C34H28NO.C21H22NSi.Ir/c1-3-23(4-2)26-17-18-35-31(21-26)27-15-16-32-30(19-27)34-29(25-13-9-6-10-14-25)20-28(22-33(34)36-32)24-11-7-5-8-12-24;1-16-10-11-18(14-20(16)17-8-6-5-7-9-17)21-13-12-19(15-22-21)23(2,3)4;/h5-14,16-23H,3-4H2,1-2H3;5-10,12-15H,1-4H3;/q2*-1;. The van der Waals surface area contributed by atoms with Crippen LogP contribution < -0.4 is 5.19 Å². The third-order valence-corrected chi connectivity index (χ3v) is 13.4. The quantitative estimate of drug-likeness (QED) is 0.107. The summed E-state index contributed by atoms with van der Waals surface area (Å²) >= 11 is 0. The molecule has 0 aliphatic rings. The molecule has 1 radical (unpaired) electrons. The fourth-order valence-electron chi connectivity index (χ4n) is 7.89. The van der Waals surface area contributed by atoms with Crippen molar-refractivity contribution < 1.29 is 24.5 Å². The van der Waals surface area contributed by atoms with Crippen LogP contribution in [0, 0.1) is 19.1 Å². The minimum absolute atomic E-state index is 0. The molecule has 3 heterocycles.